The van der Waals surface area contributed by atoms with Crippen molar-refractivity contribution in [1.29, 1.82) is 0 Å². The maximum Gasteiger partial charge on any atom is 0.226 e. The van der Waals surface area contributed by atoms with Crippen LogP contribution in [0.1, 0.15) is 43.9 Å². The second-order valence-electron chi connectivity index (χ2n) is 9.84. The molecule has 0 unspecified atom stereocenters. The lowest BCUT2D eigenvalue weighted by Crippen LogP contribution is -2.42. The van der Waals surface area contributed by atoms with Gasteiger partial charge in [-0.3, -0.25) is 4.79 Å². The lowest BCUT2D eigenvalue weighted by molar-refractivity contribution is -0.127. The molecule has 4 aromatic rings. The summed E-state index contributed by atoms with van der Waals surface area (Å²) in [5, 5.41) is 8.56. The first-order valence-corrected chi connectivity index (χ1v) is 12.1. The highest BCUT2D eigenvalue weighted by atomic mass is 19.1. The quantitative estimate of drug-likeness (QED) is 0.336. The van der Waals surface area contributed by atoms with E-state index >= 15 is 0 Å². The van der Waals surface area contributed by atoms with Gasteiger partial charge >= 0.3 is 0 Å². The molecule has 1 heterocycles. The van der Waals surface area contributed by atoms with E-state index in [1.807, 2.05) is 57.2 Å². The van der Waals surface area contributed by atoms with Gasteiger partial charge in [0.05, 0.1) is 30.6 Å². The topological polar surface area (TPSA) is 65.4 Å². The van der Waals surface area contributed by atoms with Crippen molar-refractivity contribution in [2.45, 2.75) is 45.8 Å². The molecule has 0 bridgehead atoms. The summed E-state index contributed by atoms with van der Waals surface area (Å²) >= 11 is 0. The zero-order valence-electron chi connectivity index (χ0n) is 20.9. The molecule has 1 aliphatic carbocycles. The van der Waals surface area contributed by atoms with Crippen molar-refractivity contribution in [2.24, 2.45) is 5.41 Å². The number of amides is 1. The van der Waals surface area contributed by atoms with Crippen molar-refractivity contribution in [2.75, 3.05) is 7.11 Å². The predicted molar refractivity (Wildman–Crippen MR) is 137 cm³/mol. The third-order valence-electron chi connectivity index (χ3n) is 7.02. The van der Waals surface area contributed by atoms with Crippen LogP contribution < -0.4 is 14.8 Å². The Bertz CT molecular complexity index is 1410. The van der Waals surface area contributed by atoms with Crippen molar-refractivity contribution in [3.8, 4) is 17.2 Å². The van der Waals surface area contributed by atoms with E-state index in [1.165, 1.54) is 12.1 Å². The number of hydrogen-bond acceptors (Lipinski definition) is 4. The van der Waals surface area contributed by atoms with E-state index < -0.39 is 6.10 Å². The van der Waals surface area contributed by atoms with Gasteiger partial charge in [-0.15, -0.1) is 0 Å². The number of hydrogen-bond donors (Lipinski definition) is 1. The molecule has 5 rings (SSSR count). The van der Waals surface area contributed by atoms with E-state index in [0.717, 1.165) is 46.3 Å². The average Bonchev–Trinajstić information content (AvgIpc) is 3.49. The van der Waals surface area contributed by atoms with E-state index in [9.17, 15) is 9.18 Å². The SMILES string of the molecule is COc1ccc([C@H](Oc2ccc3c(cnn3-c3ccc(F)cc3)c2)[C@H](C)NC(=O)C2(C)CC2)c(C)c1. The Morgan fingerprint density at radius 2 is 1.81 bits per heavy atom. The van der Waals surface area contributed by atoms with E-state index in [2.05, 4.69) is 10.4 Å². The van der Waals surface area contributed by atoms with Gasteiger partial charge in [0.1, 0.15) is 23.4 Å². The summed E-state index contributed by atoms with van der Waals surface area (Å²) in [4.78, 5) is 12.8. The minimum absolute atomic E-state index is 0.0609. The molecule has 7 heteroatoms. The fourth-order valence-electron chi connectivity index (χ4n) is 4.42. The average molecular weight is 488 g/mol. The molecule has 2 atom stereocenters. The third-order valence-corrected chi connectivity index (χ3v) is 7.02. The number of nitrogens with one attached hydrogen (secondary N) is 1. The standard InChI is InChI=1S/C29H30FN3O3/c1-18-15-23(35-4)9-11-25(18)27(19(2)32-28(34)29(3)13-14-29)36-24-10-12-26-20(16-24)17-31-33(26)22-7-5-21(30)6-8-22/h5-12,15-17,19,27H,13-14H2,1-4H3,(H,32,34)/t19-,27+/m0/s1. The van der Waals surface area contributed by atoms with Gasteiger partial charge in [0, 0.05) is 10.8 Å². The van der Waals surface area contributed by atoms with Crippen LogP contribution in [-0.4, -0.2) is 28.8 Å². The molecule has 1 amide bonds. The zero-order chi connectivity index (χ0) is 25.4. The van der Waals surface area contributed by atoms with Gasteiger partial charge < -0.3 is 14.8 Å². The molecule has 0 radical (unpaired) electrons. The molecular formula is C29H30FN3O3. The lowest BCUT2D eigenvalue weighted by Gasteiger charge is -2.29. The number of methoxy groups -OCH3 is 1. The Morgan fingerprint density at radius 1 is 1.08 bits per heavy atom. The summed E-state index contributed by atoms with van der Waals surface area (Å²) < 4.78 is 27.1. The molecule has 0 aliphatic heterocycles. The molecular weight excluding hydrogens is 457 g/mol. The summed E-state index contributed by atoms with van der Waals surface area (Å²) in [7, 11) is 1.64. The van der Waals surface area contributed by atoms with Gasteiger partial charge in [0.25, 0.3) is 0 Å². The minimum Gasteiger partial charge on any atom is -0.497 e. The normalized spacial score (nSPS) is 15.8. The van der Waals surface area contributed by atoms with E-state index in [-0.39, 0.29) is 23.2 Å². The Labute approximate surface area is 210 Å². The number of rotatable bonds is 8. The van der Waals surface area contributed by atoms with Gasteiger partial charge in [-0.2, -0.15) is 5.10 Å². The fourth-order valence-corrected chi connectivity index (χ4v) is 4.42. The molecule has 1 saturated carbocycles. The summed E-state index contributed by atoms with van der Waals surface area (Å²) in [5.74, 6) is 1.21. The van der Waals surface area contributed by atoms with Gasteiger partial charge in [-0.05, 0) is 92.4 Å². The Morgan fingerprint density at radius 3 is 2.47 bits per heavy atom. The van der Waals surface area contributed by atoms with Crippen LogP contribution in [0.25, 0.3) is 16.6 Å². The summed E-state index contributed by atoms with van der Waals surface area (Å²) in [6.07, 6.45) is 3.17. The van der Waals surface area contributed by atoms with Crippen molar-refractivity contribution in [3.05, 3.63) is 83.8 Å². The van der Waals surface area contributed by atoms with Crippen LogP contribution in [0, 0.1) is 18.2 Å². The maximum absolute atomic E-state index is 13.4. The number of benzene rings is 3. The summed E-state index contributed by atoms with van der Waals surface area (Å²) in [6, 6.07) is 17.6. The molecule has 0 spiro atoms. The highest BCUT2D eigenvalue weighted by molar-refractivity contribution is 5.85. The van der Waals surface area contributed by atoms with Crippen LogP contribution in [0.4, 0.5) is 4.39 Å². The summed E-state index contributed by atoms with van der Waals surface area (Å²) in [6.45, 7) is 5.99. The molecule has 186 valence electrons. The Hall–Kier alpha value is -3.87. The minimum atomic E-state index is -0.410. The van der Waals surface area contributed by atoms with Crippen LogP contribution in [0.15, 0.2) is 66.9 Å². The number of aromatic nitrogens is 2. The van der Waals surface area contributed by atoms with Crippen molar-refractivity contribution < 1.29 is 18.7 Å². The molecule has 1 aromatic heterocycles. The van der Waals surface area contributed by atoms with Crippen LogP contribution in [-0.2, 0) is 4.79 Å². The fraction of sp³-hybridized carbons (Fsp3) is 0.310. The van der Waals surface area contributed by atoms with E-state index in [1.54, 1.807) is 30.1 Å². The zero-order valence-corrected chi connectivity index (χ0v) is 20.9. The highest BCUT2D eigenvalue weighted by Crippen LogP contribution is 2.45. The molecule has 0 saturated heterocycles. The Kier molecular flexibility index (Phi) is 6.16. The third kappa shape index (κ3) is 4.65. The molecule has 1 aliphatic rings. The first-order chi connectivity index (χ1) is 17.3. The summed E-state index contributed by atoms with van der Waals surface area (Å²) in [5.41, 5.74) is 3.38. The van der Waals surface area contributed by atoms with Gasteiger partial charge in [0.2, 0.25) is 5.91 Å². The number of carbonyl (C=O) groups is 1. The van der Waals surface area contributed by atoms with Gasteiger partial charge in [-0.25, -0.2) is 9.07 Å². The van der Waals surface area contributed by atoms with Crippen molar-refractivity contribution >= 4 is 16.8 Å². The second kappa shape index (κ2) is 9.30. The monoisotopic (exact) mass is 487 g/mol. The van der Waals surface area contributed by atoms with Crippen LogP contribution >= 0.6 is 0 Å². The number of nitrogens with zero attached hydrogens (tertiary/aromatic N) is 2. The second-order valence-corrected chi connectivity index (χ2v) is 9.84. The number of ether oxygens (including phenoxy) is 2. The molecule has 1 fully saturated rings. The Balaban J connectivity index is 1.45. The molecule has 1 N–H and O–H groups in total. The number of aryl methyl sites for hydroxylation is 1. The predicted octanol–water partition coefficient (Wildman–Crippen LogP) is 5.91. The van der Waals surface area contributed by atoms with Crippen LogP contribution in [0.2, 0.25) is 0 Å². The molecule has 36 heavy (non-hydrogen) atoms. The smallest absolute Gasteiger partial charge is 0.226 e. The lowest BCUT2D eigenvalue weighted by atomic mass is 9.97. The maximum atomic E-state index is 13.4. The van der Waals surface area contributed by atoms with Gasteiger partial charge in [0.15, 0.2) is 0 Å². The van der Waals surface area contributed by atoms with E-state index in [0.29, 0.717) is 5.75 Å². The number of carbonyl (C=O) groups excluding carboxylic acids is 1. The number of halogens is 1. The van der Waals surface area contributed by atoms with E-state index in [4.69, 9.17) is 9.47 Å². The first-order valence-electron chi connectivity index (χ1n) is 12.1. The van der Waals surface area contributed by atoms with Crippen molar-refractivity contribution in [1.82, 2.24) is 15.1 Å². The number of fused-ring (bicyclic) bond motifs is 1. The van der Waals surface area contributed by atoms with Crippen molar-refractivity contribution in [3.63, 3.8) is 0 Å². The molecule has 6 nitrogen and oxygen atoms in total. The van der Waals surface area contributed by atoms with Gasteiger partial charge in [-0.1, -0.05) is 13.0 Å². The first kappa shape index (κ1) is 23.9. The van der Waals surface area contributed by atoms with Crippen LogP contribution in [0.3, 0.4) is 0 Å². The molecule has 3 aromatic carbocycles. The van der Waals surface area contributed by atoms with Crippen LogP contribution in [0.5, 0.6) is 11.5 Å². The highest BCUT2D eigenvalue weighted by Gasteiger charge is 2.45. The largest absolute Gasteiger partial charge is 0.497 e.